The standard InChI is InChI=1S/C11H19ClN4O.C11H14N4.2C2H6/c1-15(2)11(17)10(13)9(12)8-7-16(3)6-4-5-14-8;1-14-6-2-3-9-7-15-11(4-5-12-15)13-10(9)8-14;2*1-2/h4-7,13H2,1-3H3;4-5,7H,2-3,6,8H2,1H3;2*1-2H3/b10-9+;;;. The minimum absolute atomic E-state index is 0.0608. The SMILES string of the molecule is CC.CC.CN1CCCN=C(/C(Cl)=C(\N)C(=O)N(C)C)C1.CN1CCCc2cn3nccc3nc2C1. The first-order valence-electron chi connectivity index (χ1n) is 12.9. The lowest BCUT2D eigenvalue weighted by Crippen LogP contribution is -2.31. The van der Waals surface area contributed by atoms with Gasteiger partial charge in [-0.25, -0.2) is 9.50 Å². The number of halogens is 1. The number of likely N-dealkylation sites (N-methyl/N-ethyl adjacent to an activating group) is 1. The van der Waals surface area contributed by atoms with Crippen LogP contribution in [0, 0.1) is 0 Å². The molecular formula is C26H45ClN8O. The molecule has 0 saturated carbocycles. The van der Waals surface area contributed by atoms with Crippen LogP contribution in [-0.2, 0) is 17.8 Å². The molecule has 0 radical (unpaired) electrons. The van der Waals surface area contributed by atoms with Crippen molar-refractivity contribution in [1.29, 1.82) is 0 Å². The molecule has 0 unspecified atom stereocenters. The van der Waals surface area contributed by atoms with E-state index in [2.05, 4.69) is 38.1 Å². The number of aromatic nitrogens is 3. The molecule has 10 heteroatoms. The minimum Gasteiger partial charge on any atom is -0.393 e. The Morgan fingerprint density at radius 2 is 1.69 bits per heavy atom. The zero-order chi connectivity index (χ0) is 27.3. The topological polar surface area (TPSA) is 95.4 Å². The second-order valence-corrected chi connectivity index (χ2v) is 8.91. The molecule has 0 spiro atoms. The summed E-state index contributed by atoms with van der Waals surface area (Å²) in [5.41, 5.74) is 10.0. The second-order valence-electron chi connectivity index (χ2n) is 8.54. The van der Waals surface area contributed by atoms with E-state index in [-0.39, 0.29) is 16.6 Å². The lowest BCUT2D eigenvalue weighted by atomic mass is 10.1. The molecule has 2 N–H and O–H groups in total. The molecule has 36 heavy (non-hydrogen) atoms. The van der Waals surface area contributed by atoms with E-state index in [0.717, 1.165) is 44.7 Å². The molecule has 0 fully saturated rings. The van der Waals surface area contributed by atoms with Gasteiger partial charge in [-0.05, 0) is 45.5 Å². The van der Waals surface area contributed by atoms with Crippen molar-refractivity contribution in [2.75, 3.05) is 54.4 Å². The van der Waals surface area contributed by atoms with Gasteiger partial charge in [-0.2, -0.15) is 5.10 Å². The summed E-state index contributed by atoms with van der Waals surface area (Å²) in [6.07, 6.45) is 7.23. The van der Waals surface area contributed by atoms with Crippen LogP contribution in [0.2, 0.25) is 0 Å². The lowest BCUT2D eigenvalue weighted by Gasteiger charge is -2.16. The van der Waals surface area contributed by atoms with Crippen LogP contribution >= 0.6 is 11.6 Å². The highest BCUT2D eigenvalue weighted by Gasteiger charge is 2.19. The van der Waals surface area contributed by atoms with Gasteiger partial charge in [-0.3, -0.25) is 9.79 Å². The number of hydrogen-bond acceptors (Lipinski definition) is 7. The summed E-state index contributed by atoms with van der Waals surface area (Å²) in [5, 5.41) is 4.49. The number of hydrogen-bond donors (Lipinski definition) is 1. The third-order valence-corrected chi connectivity index (χ3v) is 5.92. The number of aliphatic imine (C=N–C) groups is 1. The molecule has 2 aromatic heterocycles. The zero-order valence-corrected chi connectivity index (χ0v) is 24.1. The summed E-state index contributed by atoms with van der Waals surface area (Å²) in [6.45, 7) is 12.4. The Bertz CT molecular complexity index is 1010. The van der Waals surface area contributed by atoms with Crippen LogP contribution in [-0.4, -0.2) is 95.3 Å². The van der Waals surface area contributed by atoms with Crippen LogP contribution in [0.15, 0.2) is 34.2 Å². The third kappa shape index (κ3) is 9.19. The van der Waals surface area contributed by atoms with Crippen molar-refractivity contribution in [3.8, 4) is 0 Å². The third-order valence-electron chi connectivity index (χ3n) is 5.50. The Labute approximate surface area is 222 Å². The van der Waals surface area contributed by atoms with Gasteiger partial charge in [0.2, 0.25) is 0 Å². The van der Waals surface area contributed by atoms with Gasteiger partial charge in [0.05, 0.1) is 22.6 Å². The molecule has 202 valence electrons. The monoisotopic (exact) mass is 520 g/mol. The minimum atomic E-state index is -0.287. The Hall–Kier alpha value is -2.49. The highest BCUT2D eigenvalue weighted by atomic mass is 35.5. The van der Waals surface area contributed by atoms with Crippen molar-refractivity contribution in [3.63, 3.8) is 0 Å². The molecule has 0 aromatic carbocycles. The van der Waals surface area contributed by atoms with E-state index in [4.69, 9.17) is 17.3 Å². The van der Waals surface area contributed by atoms with Crippen LogP contribution in [0.4, 0.5) is 0 Å². The van der Waals surface area contributed by atoms with Crippen molar-refractivity contribution < 1.29 is 4.79 Å². The fourth-order valence-electron chi connectivity index (χ4n) is 3.72. The number of aryl methyl sites for hydroxylation is 1. The van der Waals surface area contributed by atoms with Crippen molar-refractivity contribution in [3.05, 3.63) is 40.4 Å². The molecule has 0 aliphatic carbocycles. The van der Waals surface area contributed by atoms with Gasteiger partial charge in [0.1, 0.15) is 5.70 Å². The van der Waals surface area contributed by atoms with Crippen LogP contribution < -0.4 is 5.73 Å². The van der Waals surface area contributed by atoms with E-state index in [9.17, 15) is 4.79 Å². The molecule has 1 amide bonds. The van der Waals surface area contributed by atoms with E-state index in [1.165, 1.54) is 22.6 Å². The number of carbonyl (C=O) groups is 1. The van der Waals surface area contributed by atoms with Crippen molar-refractivity contribution >= 4 is 28.9 Å². The molecule has 2 aromatic rings. The number of fused-ring (bicyclic) bond motifs is 2. The van der Waals surface area contributed by atoms with Gasteiger partial charge in [0.15, 0.2) is 5.65 Å². The maximum atomic E-state index is 11.7. The molecule has 4 rings (SSSR count). The van der Waals surface area contributed by atoms with Crippen LogP contribution in [0.5, 0.6) is 0 Å². The average Bonchev–Trinajstić information content (AvgIpc) is 3.11. The first kappa shape index (κ1) is 31.5. The summed E-state index contributed by atoms with van der Waals surface area (Å²) in [4.78, 5) is 26.5. The highest BCUT2D eigenvalue weighted by molar-refractivity contribution is 6.45. The van der Waals surface area contributed by atoms with E-state index in [1.807, 2.05) is 45.3 Å². The first-order chi connectivity index (χ1) is 17.3. The van der Waals surface area contributed by atoms with Crippen LogP contribution in [0.3, 0.4) is 0 Å². The van der Waals surface area contributed by atoms with E-state index in [0.29, 0.717) is 12.3 Å². The smallest absolute Gasteiger partial charge is 0.270 e. The Kier molecular flexibility index (Phi) is 14.3. The van der Waals surface area contributed by atoms with E-state index < -0.39 is 0 Å². The normalized spacial score (nSPS) is 16.8. The Morgan fingerprint density at radius 1 is 1.06 bits per heavy atom. The molecule has 9 nitrogen and oxygen atoms in total. The zero-order valence-electron chi connectivity index (χ0n) is 23.4. The fourth-order valence-corrected chi connectivity index (χ4v) is 3.92. The largest absolute Gasteiger partial charge is 0.393 e. The molecule has 0 saturated heterocycles. The van der Waals surface area contributed by atoms with Gasteiger partial charge in [-0.15, -0.1) is 0 Å². The maximum Gasteiger partial charge on any atom is 0.270 e. The van der Waals surface area contributed by atoms with E-state index in [1.54, 1.807) is 20.3 Å². The second kappa shape index (κ2) is 16.3. The molecule has 0 atom stereocenters. The first-order valence-corrected chi connectivity index (χ1v) is 13.2. The number of nitrogens with zero attached hydrogens (tertiary/aromatic N) is 7. The predicted octanol–water partition coefficient (Wildman–Crippen LogP) is 3.42. The molecule has 2 aliphatic rings. The number of nitrogens with two attached hydrogens (primary N) is 1. The summed E-state index contributed by atoms with van der Waals surface area (Å²) < 4.78 is 1.87. The average molecular weight is 521 g/mol. The van der Waals surface area contributed by atoms with Crippen LogP contribution in [0.1, 0.15) is 51.8 Å². The fraction of sp³-hybridized carbons (Fsp3) is 0.615. The maximum absolute atomic E-state index is 11.7. The highest BCUT2D eigenvalue weighted by Crippen LogP contribution is 2.16. The number of rotatable bonds is 2. The summed E-state index contributed by atoms with van der Waals surface area (Å²) >= 11 is 6.14. The van der Waals surface area contributed by atoms with E-state index >= 15 is 0 Å². The predicted molar refractivity (Wildman–Crippen MR) is 151 cm³/mol. The quantitative estimate of drug-likeness (QED) is 0.609. The molecule has 2 aliphatic heterocycles. The summed E-state index contributed by atoms with van der Waals surface area (Å²) in [7, 11) is 7.42. The number of carbonyl (C=O) groups excluding carboxylic acids is 1. The van der Waals surface area contributed by atoms with Gasteiger partial charge in [-0.1, -0.05) is 39.3 Å². The van der Waals surface area contributed by atoms with Crippen molar-refractivity contribution in [2.45, 2.75) is 53.5 Å². The van der Waals surface area contributed by atoms with Crippen molar-refractivity contribution in [2.24, 2.45) is 10.7 Å². The van der Waals surface area contributed by atoms with Gasteiger partial charge in [0, 0.05) is 52.5 Å². The van der Waals surface area contributed by atoms with Gasteiger partial charge in [0.25, 0.3) is 5.91 Å². The summed E-state index contributed by atoms with van der Waals surface area (Å²) in [5.74, 6) is -0.287. The number of amides is 1. The molecular weight excluding hydrogens is 476 g/mol. The molecule has 4 heterocycles. The van der Waals surface area contributed by atoms with Crippen molar-refractivity contribution in [1.82, 2.24) is 29.3 Å². The Balaban J connectivity index is 0.000000317. The summed E-state index contributed by atoms with van der Waals surface area (Å²) in [6, 6.07) is 1.95. The Morgan fingerprint density at radius 3 is 2.36 bits per heavy atom. The molecule has 0 bridgehead atoms. The van der Waals surface area contributed by atoms with Gasteiger partial charge >= 0.3 is 0 Å². The van der Waals surface area contributed by atoms with Gasteiger partial charge < -0.3 is 20.4 Å². The van der Waals surface area contributed by atoms with Crippen LogP contribution in [0.25, 0.3) is 5.65 Å². The lowest BCUT2D eigenvalue weighted by molar-refractivity contribution is -0.124.